The molecule has 0 fully saturated rings. The quantitative estimate of drug-likeness (QED) is 0.526. The van der Waals surface area contributed by atoms with E-state index in [1.165, 1.54) is 11.8 Å². The monoisotopic (exact) mass is 399 g/mol. The van der Waals surface area contributed by atoms with Crippen LogP contribution in [-0.4, -0.2) is 21.2 Å². The lowest BCUT2D eigenvalue weighted by Crippen LogP contribution is -2.15. The highest BCUT2D eigenvalue weighted by atomic mass is 35.5. The molecule has 0 spiro atoms. The van der Waals surface area contributed by atoms with Gasteiger partial charge in [-0.15, -0.1) is 0 Å². The molecule has 0 aliphatic heterocycles. The maximum atomic E-state index is 12.3. The number of rotatable bonds is 7. The number of hydrogen-bond acceptors (Lipinski definition) is 3. The highest BCUT2D eigenvalue weighted by molar-refractivity contribution is 7.99. The van der Waals surface area contributed by atoms with E-state index in [0.717, 1.165) is 23.0 Å². The second kappa shape index (κ2) is 9.11. The van der Waals surface area contributed by atoms with Crippen molar-refractivity contribution in [2.24, 2.45) is 5.92 Å². The van der Waals surface area contributed by atoms with Crippen LogP contribution >= 0.6 is 23.4 Å². The molecule has 0 aliphatic rings. The summed E-state index contributed by atoms with van der Waals surface area (Å²) in [5.41, 5.74) is 2.89. The second-order valence-corrected chi connectivity index (χ2v) is 8.02. The summed E-state index contributed by atoms with van der Waals surface area (Å²) in [5.74, 6) is 0.680. The summed E-state index contributed by atoms with van der Waals surface area (Å²) in [6.45, 7) is 5.20. The van der Waals surface area contributed by atoms with Crippen LogP contribution in [0.15, 0.2) is 66.0 Å². The van der Waals surface area contributed by atoms with E-state index in [1.54, 1.807) is 12.1 Å². The highest BCUT2D eigenvalue weighted by Crippen LogP contribution is 2.27. The molecule has 0 aliphatic carbocycles. The molecule has 3 aromatic rings. The second-order valence-electron chi connectivity index (χ2n) is 6.64. The van der Waals surface area contributed by atoms with E-state index in [4.69, 9.17) is 11.6 Å². The number of nitrogens with one attached hydrogen (secondary N) is 1. The van der Waals surface area contributed by atoms with Gasteiger partial charge in [0.05, 0.1) is 17.6 Å². The van der Waals surface area contributed by atoms with E-state index in [0.29, 0.717) is 16.6 Å². The van der Waals surface area contributed by atoms with E-state index in [9.17, 15) is 4.79 Å². The Hall–Kier alpha value is -2.24. The molecular weight excluding hydrogens is 378 g/mol. The average Bonchev–Trinajstić information content (AvgIpc) is 3.02. The number of benzene rings is 2. The predicted octanol–water partition coefficient (Wildman–Crippen LogP) is 5.59. The summed E-state index contributed by atoms with van der Waals surface area (Å²) in [6.07, 6.45) is 1.88. The van der Waals surface area contributed by atoms with Crippen LogP contribution in [0.5, 0.6) is 0 Å². The van der Waals surface area contributed by atoms with Crippen molar-refractivity contribution < 1.29 is 4.79 Å². The maximum absolute atomic E-state index is 12.3. The molecule has 1 aromatic heterocycles. The Morgan fingerprint density at radius 2 is 1.96 bits per heavy atom. The highest BCUT2D eigenvalue weighted by Gasteiger charge is 2.15. The van der Waals surface area contributed by atoms with Crippen LogP contribution in [0.25, 0.3) is 11.3 Å². The van der Waals surface area contributed by atoms with E-state index < -0.39 is 0 Å². The van der Waals surface area contributed by atoms with Gasteiger partial charge in [0.2, 0.25) is 5.91 Å². The van der Waals surface area contributed by atoms with Crippen molar-refractivity contribution in [1.82, 2.24) is 9.55 Å². The Bertz CT molecular complexity index is 909. The zero-order valence-electron chi connectivity index (χ0n) is 15.4. The number of halogens is 1. The van der Waals surface area contributed by atoms with Gasteiger partial charge in [-0.05, 0) is 29.7 Å². The number of imidazole rings is 1. The van der Waals surface area contributed by atoms with Gasteiger partial charge in [-0.25, -0.2) is 4.98 Å². The van der Waals surface area contributed by atoms with Gasteiger partial charge in [0, 0.05) is 17.3 Å². The summed E-state index contributed by atoms with van der Waals surface area (Å²) >= 11 is 7.40. The Morgan fingerprint density at radius 1 is 1.19 bits per heavy atom. The summed E-state index contributed by atoms with van der Waals surface area (Å²) in [4.78, 5) is 16.9. The molecule has 0 saturated carbocycles. The number of carbonyl (C=O) groups excluding carboxylic acids is 1. The van der Waals surface area contributed by atoms with Gasteiger partial charge in [0.15, 0.2) is 5.16 Å². The van der Waals surface area contributed by atoms with Gasteiger partial charge >= 0.3 is 0 Å². The SMILES string of the molecule is CC(C)Cn1c(-c2ccccc2)cnc1SCC(=O)Nc1cccc(Cl)c1. The van der Waals surface area contributed by atoms with Gasteiger partial charge < -0.3 is 9.88 Å². The standard InChI is InChI=1S/C21H22ClN3OS/c1-15(2)13-25-19(16-7-4-3-5-8-16)12-23-21(25)27-14-20(26)24-18-10-6-9-17(22)11-18/h3-12,15H,13-14H2,1-2H3,(H,24,26). The summed E-state index contributed by atoms with van der Waals surface area (Å²) < 4.78 is 2.19. The van der Waals surface area contributed by atoms with Gasteiger partial charge in [0.1, 0.15) is 0 Å². The number of amides is 1. The first-order valence-electron chi connectivity index (χ1n) is 8.82. The van der Waals surface area contributed by atoms with E-state index in [2.05, 4.69) is 40.8 Å². The van der Waals surface area contributed by atoms with Crippen LogP contribution < -0.4 is 5.32 Å². The van der Waals surface area contributed by atoms with Crippen molar-refractivity contribution in [3.8, 4) is 11.3 Å². The molecule has 0 saturated heterocycles. The Kier molecular flexibility index (Phi) is 6.58. The molecule has 2 aromatic carbocycles. The number of carbonyl (C=O) groups is 1. The van der Waals surface area contributed by atoms with Crippen LogP contribution in [0.1, 0.15) is 13.8 Å². The fraction of sp³-hybridized carbons (Fsp3) is 0.238. The fourth-order valence-corrected chi connectivity index (χ4v) is 3.73. The van der Waals surface area contributed by atoms with E-state index in [-0.39, 0.29) is 11.7 Å². The van der Waals surface area contributed by atoms with Crippen molar-refractivity contribution in [3.63, 3.8) is 0 Å². The van der Waals surface area contributed by atoms with Gasteiger partial charge in [-0.2, -0.15) is 0 Å². The molecule has 1 N–H and O–H groups in total. The molecule has 27 heavy (non-hydrogen) atoms. The largest absolute Gasteiger partial charge is 0.325 e. The number of thioether (sulfide) groups is 1. The summed E-state index contributed by atoms with van der Waals surface area (Å²) in [6, 6.07) is 17.3. The molecule has 3 rings (SSSR count). The lowest BCUT2D eigenvalue weighted by Gasteiger charge is -2.14. The zero-order valence-corrected chi connectivity index (χ0v) is 16.9. The van der Waals surface area contributed by atoms with Gasteiger partial charge in [-0.3, -0.25) is 4.79 Å². The smallest absolute Gasteiger partial charge is 0.234 e. The summed E-state index contributed by atoms with van der Waals surface area (Å²) in [5, 5.41) is 4.32. The molecular formula is C21H22ClN3OS. The third-order valence-corrected chi connectivity index (χ3v) is 5.10. The molecule has 0 bridgehead atoms. The molecule has 4 nitrogen and oxygen atoms in total. The number of anilines is 1. The molecule has 1 heterocycles. The van der Waals surface area contributed by atoms with Gasteiger partial charge in [-0.1, -0.05) is 73.6 Å². The van der Waals surface area contributed by atoms with Crippen molar-refractivity contribution >= 4 is 35.0 Å². The molecule has 6 heteroatoms. The minimum atomic E-state index is -0.0809. The first kappa shape index (κ1) is 19.5. The van der Waals surface area contributed by atoms with Crippen LogP contribution in [0.2, 0.25) is 5.02 Å². The van der Waals surface area contributed by atoms with Crippen molar-refractivity contribution in [2.75, 3.05) is 11.1 Å². The summed E-state index contributed by atoms with van der Waals surface area (Å²) in [7, 11) is 0. The van der Waals surface area contributed by atoms with Crippen molar-refractivity contribution in [2.45, 2.75) is 25.5 Å². The third kappa shape index (κ3) is 5.37. The first-order chi connectivity index (χ1) is 13.0. The number of hydrogen-bond donors (Lipinski definition) is 1. The molecule has 0 radical (unpaired) electrons. The third-order valence-electron chi connectivity index (χ3n) is 3.88. The first-order valence-corrected chi connectivity index (χ1v) is 10.2. The Labute approximate surface area is 169 Å². The minimum absolute atomic E-state index is 0.0809. The van der Waals surface area contributed by atoms with Crippen LogP contribution in [-0.2, 0) is 11.3 Å². The Morgan fingerprint density at radius 3 is 2.67 bits per heavy atom. The lowest BCUT2D eigenvalue weighted by atomic mass is 10.1. The molecule has 140 valence electrons. The van der Waals surface area contributed by atoms with Crippen LogP contribution in [0, 0.1) is 5.92 Å². The van der Waals surface area contributed by atoms with Crippen molar-refractivity contribution in [1.29, 1.82) is 0 Å². The zero-order chi connectivity index (χ0) is 19.2. The lowest BCUT2D eigenvalue weighted by molar-refractivity contribution is -0.113. The van der Waals surface area contributed by atoms with Crippen LogP contribution in [0.4, 0.5) is 5.69 Å². The molecule has 1 amide bonds. The van der Waals surface area contributed by atoms with Gasteiger partial charge in [0.25, 0.3) is 0 Å². The minimum Gasteiger partial charge on any atom is -0.325 e. The molecule has 0 atom stereocenters. The van der Waals surface area contributed by atoms with E-state index >= 15 is 0 Å². The average molecular weight is 400 g/mol. The normalized spacial score (nSPS) is 11.0. The predicted molar refractivity (Wildman–Crippen MR) is 113 cm³/mol. The number of nitrogens with zero attached hydrogens (tertiary/aromatic N) is 2. The Balaban J connectivity index is 1.72. The van der Waals surface area contributed by atoms with Crippen LogP contribution in [0.3, 0.4) is 0 Å². The fourth-order valence-electron chi connectivity index (χ4n) is 2.75. The van der Waals surface area contributed by atoms with E-state index in [1.807, 2.05) is 36.5 Å². The van der Waals surface area contributed by atoms with Crippen molar-refractivity contribution in [3.05, 3.63) is 65.8 Å². The maximum Gasteiger partial charge on any atom is 0.234 e. The topological polar surface area (TPSA) is 46.9 Å². The molecule has 0 unspecified atom stereocenters. The number of aromatic nitrogens is 2.